The predicted octanol–water partition coefficient (Wildman–Crippen LogP) is 3.44. The van der Waals surface area contributed by atoms with Crippen LogP contribution in [0, 0.1) is 11.6 Å². The second-order valence-electron chi connectivity index (χ2n) is 5.69. The number of nitrogens with zero attached hydrogens (tertiary/aromatic N) is 2. The first-order valence-corrected chi connectivity index (χ1v) is 7.95. The maximum Gasteiger partial charge on any atom is 0.322 e. The van der Waals surface area contributed by atoms with E-state index in [4.69, 9.17) is 9.47 Å². The Labute approximate surface area is 150 Å². The zero-order chi connectivity index (χ0) is 19.1. The lowest BCUT2D eigenvalue weighted by molar-refractivity contribution is 0.113. The number of benzene rings is 1. The molecule has 6 nitrogen and oxygen atoms in total. The van der Waals surface area contributed by atoms with Crippen molar-refractivity contribution in [3.8, 4) is 5.88 Å². The number of carbonyl (C=O) groups is 1. The lowest BCUT2D eigenvalue weighted by Crippen LogP contribution is -2.43. The average Bonchev–Trinajstić information content (AvgIpc) is 2.63. The first kappa shape index (κ1) is 19.6. The van der Waals surface area contributed by atoms with Crippen LogP contribution in [-0.4, -0.2) is 42.8 Å². The molecule has 2 rings (SSSR count). The molecule has 2 amide bonds. The molecule has 26 heavy (non-hydrogen) atoms. The molecule has 0 aliphatic heterocycles. The van der Waals surface area contributed by atoms with Crippen LogP contribution in [0.1, 0.15) is 12.5 Å². The Balaban J connectivity index is 2.19. The van der Waals surface area contributed by atoms with Crippen LogP contribution in [-0.2, 0) is 11.3 Å². The van der Waals surface area contributed by atoms with Crippen LogP contribution in [0.25, 0.3) is 0 Å². The summed E-state index contributed by atoms with van der Waals surface area (Å²) in [5.74, 6) is -0.741. The number of rotatable bonds is 7. The highest BCUT2D eigenvalue weighted by atomic mass is 19.1. The largest absolute Gasteiger partial charge is 0.481 e. The molecule has 0 fully saturated rings. The van der Waals surface area contributed by atoms with E-state index in [0.717, 1.165) is 18.2 Å². The molecule has 8 heteroatoms. The maximum absolute atomic E-state index is 14.0. The van der Waals surface area contributed by atoms with E-state index in [1.54, 1.807) is 19.1 Å². The topological polar surface area (TPSA) is 63.7 Å². The van der Waals surface area contributed by atoms with Gasteiger partial charge in [0, 0.05) is 18.7 Å². The van der Waals surface area contributed by atoms with Gasteiger partial charge in [-0.25, -0.2) is 18.6 Å². The van der Waals surface area contributed by atoms with Crippen LogP contribution < -0.4 is 10.1 Å². The number of aromatic nitrogens is 1. The zero-order valence-electron chi connectivity index (χ0n) is 14.8. The van der Waals surface area contributed by atoms with Gasteiger partial charge in [0.2, 0.25) is 5.88 Å². The van der Waals surface area contributed by atoms with Gasteiger partial charge in [0.1, 0.15) is 11.6 Å². The third-order valence-corrected chi connectivity index (χ3v) is 3.75. The van der Waals surface area contributed by atoms with Crippen molar-refractivity contribution in [2.24, 2.45) is 0 Å². The Morgan fingerprint density at radius 1 is 1.27 bits per heavy atom. The monoisotopic (exact) mass is 365 g/mol. The molecule has 1 heterocycles. The third kappa shape index (κ3) is 5.13. The van der Waals surface area contributed by atoms with E-state index in [1.165, 1.54) is 25.3 Å². The molecule has 1 atom stereocenters. The number of nitrogens with one attached hydrogen (secondary N) is 1. The number of urea groups is 1. The molecule has 0 aliphatic rings. The van der Waals surface area contributed by atoms with Gasteiger partial charge < -0.3 is 19.7 Å². The smallest absolute Gasteiger partial charge is 0.322 e. The van der Waals surface area contributed by atoms with Gasteiger partial charge in [-0.05, 0) is 31.2 Å². The Morgan fingerprint density at radius 3 is 2.65 bits per heavy atom. The van der Waals surface area contributed by atoms with Gasteiger partial charge in [-0.3, -0.25) is 0 Å². The molecule has 0 saturated carbocycles. The highest BCUT2D eigenvalue weighted by Crippen LogP contribution is 2.17. The van der Waals surface area contributed by atoms with Crippen molar-refractivity contribution in [1.29, 1.82) is 0 Å². The zero-order valence-corrected chi connectivity index (χ0v) is 14.8. The van der Waals surface area contributed by atoms with Gasteiger partial charge in [-0.1, -0.05) is 0 Å². The summed E-state index contributed by atoms with van der Waals surface area (Å²) in [7, 11) is 2.99. The summed E-state index contributed by atoms with van der Waals surface area (Å²) in [5.41, 5.74) is 0.529. The minimum atomic E-state index is -0.583. The number of halogens is 2. The quantitative estimate of drug-likeness (QED) is 0.816. The molecule has 1 N–H and O–H groups in total. The van der Waals surface area contributed by atoms with Gasteiger partial charge in [0.05, 0.1) is 38.2 Å². The van der Waals surface area contributed by atoms with Gasteiger partial charge in [0.15, 0.2) is 0 Å². The molecule has 0 saturated heterocycles. The third-order valence-electron chi connectivity index (χ3n) is 3.75. The molecule has 1 unspecified atom stereocenters. The second kappa shape index (κ2) is 9.10. The average molecular weight is 365 g/mol. The van der Waals surface area contributed by atoms with Crippen molar-refractivity contribution in [3.63, 3.8) is 0 Å². The van der Waals surface area contributed by atoms with Crippen LogP contribution in [0.2, 0.25) is 0 Å². The Morgan fingerprint density at radius 2 is 2.04 bits per heavy atom. The number of carbonyl (C=O) groups excluding carboxylic acids is 1. The number of ether oxygens (including phenoxy) is 2. The number of hydrogen-bond acceptors (Lipinski definition) is 4. The van der Waals surface area contributed by atoms with Crippen molar-refractivity contribution in [3.05, 3.63) is 53.7 Å². The fourth-order valence-corrected chi connectivity index (χ4v) is 2.38. The molecular formula is C18H21F2N3O3. The standard InChI is InChI=1S/C18H21F2N3O3/c1-12(11-25-2)23(10-13-8-14(19)4-6-16(13)20)18(24)22-15-5-7-17(26-3)21-9-15/h4-9,12H,10-11H2,1-3H3,(H,22,24). The maximum atomic E-state index is 14.0. The molecule has 140 valence electrons. The van der Waals surface area contributed by atoms with E-state index < -0.39 is 17.7 Å². The minimum Gasteiger partial charge on any atom is -0.481 e. The summed E-state index contributed by atoms with van der Waals surface area (Å²) >= 11 is 0. The molecule has 0 bridgehead atoms. The van der Waals surface area contributed by atoms with Crippen LogP contribution in [0.15, 0.2) is 36.5 Å². The van der Waals surface area contributed by atoms with Crippen molar-refractivity contribution in [2.75, 3.05) is 26.1 Å². The lowest BCUT2D eigenvalue weighted by atomic mass is 10.1. The summed E-state index contributed by atoms with van der Waals surface area (Å²) in [6, 6.07) is 5.53. The van der Waals surface area contributed by atoms with E-state index in [1.807, 2.05) is 0 Å². The fourth-order valence-electron chi connectivity index (χ4n) is 2.38. The molecule has 2 aromatic rings. The fraction of sp³-hybridized carbons (Fsp3) is 0.333. The van der Waals surface area contributed by atoms with Crippen molar-refractivity contribution < 1.29 is 23.0 Å². The Bertz CT molecular complexity index is 741. The van der Waals surface area contributed by atoms with E-state index in [0.29, 0.717) is 11.6 Å². The lowest BCUT2D eigenvalue weighted by Gasteiger charge is -2.29. The van der Waals surface area contributed by atoms with Gasteiger partial charge >= 0.3 is 6.03 Å². The Kier molecular flexibility index (Phi) is 6.85. The summed E-state index contributed by atoms with van der Waals surface area (Å²) < 4.78 is 37.5. The first-order valence-electron chi connectivity index (χ1n) is 7.95. The van der Waals surface area contributed by atoms with Crippen molar-refractivity contribution >= 4 is 11.7 Å². The van der Waals surface area contributed by atoms with E-state index in [2.05, 4.69) is 10.3 Å². The van der Waals surface area contributed by atoms with Crippen LogP contribution >= 0.6 is 0 Å². The number of methoxy groups -OCH3 is 2. The summed E-state index contributed by atoms with van der Waals surface area (Å²) in [6.07, 6.45) is 1.44. The highest BCUT2D eigenvalue weighted by molar-refractivity contribution is 5.89. The molecule has 0 spiro atoms. The summed E-state index contributed by atoms with van der Waals surface area (Å²) in [6.45, 7) is 1.89. The van der Waals surface area contributed by atoms with Gasteiger partial charge in [-0.2, -0.15) is 0 Å². The summed E-state index contributed by atoms with van der Waals surface area (Å²) in [5, 5.41) is 2.68. The Hall–Kier alpha value is -2.74. The number of amides is 2. The number of anilines is 1. The molecular weight excluding hydrogens is 344 g/mol. The first-order chi connectivity index (χ1) is 12.4. The van der Waals surface area contributed by atoms with E-state index in [9.17, 15) is 13.6 Å². The SMILES string of the molecule is COCC(C)N(Cc1cc(F)ccc1F)C(=O)Nc1ccc(OC)nc1. The van der Waals surface area contributed by atoms with Crippen molar-refractivity contribution in [1.82, 2.24) is 9.88 Å². The second-order valence-corrected chi connectivity index (χ2v) is 5.69. The van der Waals surface area contributed by atoms with Crippen LogP contribution in [0.5, 0.6) is 5.88 Å². The van der Waals surface area contributed by atoms with E-state index in [-0.39, 0.29) is 24.8 Å². The van der Waals surface area contributed by atoms with Gasteiger partial charge in [-0.15, -0.1) is 0 Å². The van der Waals surface area contributed by atoms with Crippen molar-refractivity contribution in [2.45, 2.75) is 19.5 Å². The van der Waals surface area contributed by atoms with Crippen LogP contribution in [0.3, 0.4) is 0 Å². The van der Waals surface area contributed by atoms with E-state index >= 15 is 0 Å². The molecule has 1 aromatic carbocycles. The predicted molar refractivity (Wildman–Crippen MR) is 93.0 cm³/mol. The number of pyridine rings is 1. The summed E-state index contributed by atoms with van der Waals surface area (Å²) in [4.78, 5) is 18.0. The molecule has 1 aromatic heterocycles. The minimum absolute atomic E-state index is 0.0796. The normalized spacial score (nSPS) is 11.7. The highest BCUT2D eigenvalue weighted by Gasteiger charge is 2.22. The molecule has 0 radical (unpaired) electrons. The molecule has 0 aliphatic carbocycles. The van der Waals surface area contributed by atoms with Crippen LogP contribution in [0.4, 0.5) is 19.3 Å². The van der Waals surface area contributed by atoms with Gasteiger partial charge in [0.25, 0.3) is 0 Å². The number of hydrogen-bond donors (Lipinski definition) is 1.